The number of aryl methyl sites for hydroxylation is 2. The van der Waals surface area contributed by atoms with Gasteiger partial charge in [-0.1, -0.05) is 44.2 Å². The molecule has 0 bridgehead atoms. The van der Waals surface area contributed by atoms with Gasteiger partial charge in [0.05, 0.1) is 5.69 Å². The van der Waals surface area contributed by atoms with E-state index in [0.717, 1.165) is 18.5 Å². The van der Waals surface area contributed by atoms with Crippen molar-refractivity contribution in [1.29, 1.82) is 0 Å². The van der Waals surface area contributed by atoms with E-state index < -0.39 is 5.82 Å². The van der Waals surface area contributed by atoms with Crippen LogP contribution in [-0.2, 0) is 17.6 Å². The number of carbonyl (C=O) groups is 1. The minimum Gasteiger partial charge on any atom is -0.384 e. The van der Waals surface area contributed by atoms with Crippen LogP contribution in [0.5, 0.6) is 0 Å². The fourth-order valence-corrected chi connectivity index (χ4v) is 2.55. The van der Waals surface area contributed by atoms with Crippen LogP contribution in [0, 0.1) is 5.82 Å². The minimum atomic E-state index is -0.418. The number of para-hydroxylation sites is 2. The molecule has 0 saturated heterocycles. The molecular weight excluding hydrogens is 291 g/mol. The molecule has 0 saturated carbocycles. The second-order valence-corrected chi connectivity index (χ2v) is 5.36. The van der Waals surface area contributed by atoms with Gasteiger partial charge >= 0.3 is 0 Å². The van der Waals surface area contributed by atoms with Crippen molar-refractivity contribution in [2.75, 3.05) is 17.2 Å². The third kappa shape index (κ3) is 4.55. The smallest absolute Gasteiger partial charge is 0.226 e. The number of benzene rings is 2. The molecule has 0 unspecified atom stereocenters. The average Bonchev–Trinajstić information content (AvgIpc) is 2.57. The molecule has 0 heterocycles. The maximum Gasteiger partial charge on any atom is 0.226 e. The Morgan fingerprint density at radius 1 is 1.00 bits per heavy atom. The Morgan fingerprint density at radius 2 is 1.65 bits per heavy atom. The molecule has 0 radical (unpaired) electrons. The highest BCUT2D eigenvalue weighted by Crippen LogP contribution is 2.22. The van der Waals surface area contributed by atoms with E-state index in [4.69, 9.17) is 0 Å². The number of anilines is 2. The molecule has 122 valence electrons. The molecule has 0 aromatic heterocycles. The molecule has 23 heavy (non-hydrogen) atoms. The molecule has 0 aliphatic rings. The summed E-state index contributed by atoms with van der Waals surface area (Å²) in [5, 5.41) is 5.96. The topological polar surface area (TPSA) is 41.1 Å². The largest absolute Gasteiger partial charge is 0.384 e. The van der Waals surface area contributed by atoms with Gasteiger partial charge in [0.15, 0.2) is 0 Å². The van der Waals surface area contributed by atoms with Crippen LogP contribution >= 0.6 is 0 Å². The molecule has 2 rings (SSSR count). The summed E-state index contributed by atoms with van der Waals surface area (Å²) in [5.41, 5.74) is 3.84. The van der Waals surface area contributed by atoms with Crippen LogP contribution in [0.1, 0.15) is 31.4 Å². The fourth-order valence-electron chi connectivity index (χ4n) is 2.55. The number of amides is 1. The van der Waals surface area contributed by atoms with Gasteiger partial charge < -0.3 is 10.6 Å². The van der Waals surface area contributed by atoms with Crippen molar-refractivity contribution in [3.8, 4) is 0 Å². The van der Waals surface area contributed by atoms with Crippen LogP contribution in [0.25, 0.3) is 0 Å². The Labute approximate surface area is 136 Å². The van der Waals surface area contributed by atoms with Crippen LogP contribution in [0.3, 0.4) is 0 Å². The van der Waals surface area contributed by atoms with E-state index in [0.29, 0.717) is 6.54 Å². The quantitative estimate of drug-likeness (QED) is 0.795. The first-order chi connectivity index (χ1) is 11.2. The fraction of sp³-hybridized carbons (Fsp3) is 0.316. The summed E-state index contributed by atoms with van der Waals surface area (Å²) < 4.78 is 13.5. The lowest BCUT2D eigenvalue weighted by Gasteiger charge is -2.15. The van der Waals surface area contributed by atoms with E-state index in [1.165, 1.54) is 17.2 Å². The van der Waals surface area contributed by atoms with Crippen molar-refractivity contribution in [2.24, 2.45) is 0 Å². The molecule has 2 aromatic rings. The number of carbonyl (C=O) groups excluding carboxylic acids is 1. The Balaban J connectivity index is 1.92. The average molecular weight is 314 g/mol. The molecule has 1 amide bonds. The Kier molecular flexibility index (Phi) is 6.15. The van der Waals surface area contributed by atoms with Crippen LogP contribution in [0.15, 0.2) is 42.5 Å². The van der Waals surface area contributed by atoms with E-state index >= 15 is 0 Å². The maximum absolute atomic E-state index is 13.5. The Bertz CT molecular complexity index is 648. The van der Waals surface area contributed by atoms with Gasteiger partial charge in [0.2, 0.25) is 5.91 Å². The van der Waals surface area contributed by atoms with E-state index in [9.17, 15) is 9.18 Å². The predicted octanol–water partition coefficient (Wildman–Crippen LogP) is 4.39. The van der Waals surface area contributed by atoms with Crippen molar-refractivity contribution in [3.63, 3.8) is 0 Å². The van der Waals surface area contributed by atoms with Gasteiger partial charge in [-0.2, -0.15) is 0 Å². The van der Waals surface area contributed by atoms with Crippen LogP contribution in [-0.4, -0.2) is 12.5 Å². The van der Waals surface area contributed by atoms with Crippen molar-refractivity contribution >= 4 is 17.3 Å². The summed E-state index contributed by atoms with van der Waals surface area (Å²) >= 11 is 0. The van der Waals surface area contributed by atoms with Crippen molar-refractivity contribution < 1.29 is 9.18 Å². The summed E-state index contributed by atoms with van der Waals surface area (Å²) in [6.07, 6.45) is 2.17. The molecule has 0 aliphatic carbocycles. The first-order valence-electron chi connectivity index (χ1n) is 8.04. The first kappa shape index (κ1) is 17.0. The van der Waals surface area contributed by atoms with Gasteiger partial charge in [-0.15, -0.1) is 0 Å². The van der Waals surface area contributed by atoms with Gasteiger partial charge in [0.25, 0.3) is 0 Å². The SMILES string of the molecule is CCc1cccc(CC)c1NCCC(=O)Nc1ccccc1F. The summed E-state index contributed by atoms with van der Waals surface area (Å²) in [7, 11) is 0. The van der Waals surface area contributed by atoms with Gasteiger partial charge in [-0.25, -0.2) is 4.39 Å². The standard InChI is InChI=1S/C19H23FN2O/c1-3-14-8-7-9-15(4-2)19(14)21-13-12-18(23)22-17-11-6-5-10-16(17)20/h5-11,21H,3-4,12-13H2,1-2H3,(H,22,23). The molecule has 2 N–H and O–H groups in total. The lowest BCUT2D eigenvalue weighted by atomic mass is 10.0. The highest BCUT2D eigenvalue weighted by Gasteiger charge is 2.08. The van der Waals surface area contributed by atoms with E-state index in [1.807, 2.05) is 0 Å². The number of hydrogen-bond donors (Lipinski definition) is 2. The third-order valence-electron chi connectivity index (χ3n) is 3.80. The molecular formula is C19H23FN2O. The van der Waals surface area contributed by atoms with Crippen molar-refractivity contribution in [2.45, 2.75) is 33.1 Å². The van der Waals surface area contributed by atoms with Gasteiger partial charge in [0.1, 0.15) is 5.82 Å². The lowest BCUT2D eigenvalue weighted by Crippen LogP contribution is -2.17. The van der Waals surface area contributed by atoms with Crippen molar-refractivity contribution in [1.82, 2.24) is 0 Å². The van der Waals surface area contributed by atoms with Gasteiger partial charge in [-0.05, 0) is 36.1 Å². The van der Waals surface area contributed by atoms with Crippen LogP contribution in [0.4, 0.5) is 15.8 Å². The maximum atomic E-state index is 13.5. The van der Waals surface area contributed by atoms with Crippen LogP contribution in [0.2, 0.25) is 0 Å². The highest BCUT2D eigenvalue weighted by molar-refractivity contribution is 5.91. The molecule has 4 heteroatoms. The van der Waals surface area contributed by atoms with E-state index in [2.05, 4.69) is 42.7 Å². The molecule has 0 atom stereocenters. The van der Waals surface area contributed by atoms with Gasteiger partial charge in [0, 0.05) is 18.7 Å². The van der Waals surface area contributed by atoms with E-state index in [1.54, 1.807) is 18.2 Å². The van der Waals surface area contributed by atoms with Gasteiger partial charge in [-0.3, -0.25) is 4.79 Å². The first-order valence-corrected chi connectivity index (χ1v) is 8.04. The number of nitrogens with one attached hydrogen (secondary N) is 2. The van der Waals surface area contributed by atoms with Crippen molar-refractivity contribution in [3.05, 3.63) is 59.4 Å². The second kappa shape index (κ2) is 8.32. The summed E-state index contributed by atoms with van der Waals surface area (Å²) in [5.74, 6) is -0.618. The highest BCUT2D eigenvalue weighted by atomic mass is 19.1. The monoisotopic (exact) mass is 314 g/mol. The third-order valence-corrected chi connectivity index (χ3v) is 3.80. The predicted molar refractivity (Wildman–Crippen MR) is 93.3 cm³/mol. The number of halogens is 1. The zero-order valence-corrected chi connectivity index (χ0v) is 13.7. The molecule has 0 spiro atoms. The molecule has 0 aliphatic heterocycles. The zero-order chi connectivity index (χ0) is 16.7. The molecule has 3 nitrogen and oxygen atoms in total. The molecule has 2 aromatic carbocycles. The minimum absolute atomic E-state index is 0.199. The Morgan fingerprint density at radius 3 is 2.26 bits per heavy atom. The zero-order valence-electron chi connectivity index (χ0n) is 13.7. The summed E-state index contributed by atoms with van der Waals surface area (Å²) in [6.45, 7) is 4.75. The summed E-state index contributed by atoms with van der Waals surface area (Å²) in [6, 6.07) is 12.4. The number of rotatable bonds is 7. The summed E-state index contributed by atoms with van der Waals surface area (Å²) in [4.78, 5) is 11.9. The lowest BCUT2D eigenvalue weighted by molar-refractivity contribution is -0.116. The van der Waals surface area contributed by atoms with E-state index in [-0.39, 0.29) is 18.0 Å². The number of hydrogen-bond acceptors (Lipinski definition) is 2. The Hall–Kier alpha value is -2.36. The normalized spacial score (nSPS) is 10.4. The molecule has 0 fully saturated rings. The van der Waals surface area contributed by atoms with Crippen LogP contribution < -0.4 is 10.6 Å². The second-order valence-electron chi connectivity index (χ2n) is 5.36.